The van der Waals surface area contributed by atoms with Crippen LogP contribution in [0.25, 0.3) is 0 Å². The van der Waals surface area contributed by atoms with Crippen LogP contribution in [0, 0.1) is 29.1 Å². The Hall–Kier alpha value is -1.78. The Morgan fingerprint density at radius 2 is 0.943 bits per heavy atom. The highest BCUT2D eigenvalue weighted by atomic mass is 19.2. The molecule has 0 unspecified atom stereocenters. The van der Waals surface area contributed by atoms with Crippen LogP contribution >= 0.6 is 0 Å². The number of benzene rings is 1. The zero-order valence-corrected chi connectivity index (χ0v) is 20.5. The van der Waals surface area contributed by atoms with E-state index in [2.05, 4.69) is 11.7 Å². The van der Waals surface area contributed by atoms with Gasteiger partial charge in [0.05, 0.1) is 39.5 Å². The minimum absolute atomic E-state index is 0.147. The van der Waals surface area contributed by atoms with Crippen LogP contribution in [-0.4, -0.2) is 45.6 Å². The number of hydrogen-bond donors (Lipinski definition) is 0. The van der Waals surface area contributed by atoms with Gasteiger partial charge in [-0.1, -0.05) is 64.7 Å². The Morgan fingerprint density at radius 3 is 1.46 bits per heavy atom. The van der Waals surface area contributed by atoms with Gasteiger partial charge in [-0.3, -0.25) is 4.79 Å². The summed E-state index contributed by atoms with van der Waals surface area (Å²) in [5, 5.41) is 0. The fraction of sp³-hybridized carbons (Fsp3) is 0.720. The van der Waals surface area contributed by atoms with E-state index in [0.717, 1.165) is 12.8 Å². The Kier molecular flexibility index (Phi) is 17.3. The van der Waals surface area contributed by atoms with Gasteiger partial charge in [-0.05, 0) is 6.42 Å². The second kappa shape index (κ2) is 19.4. The smallest absolute Gasteiger partial charge is 0.313 e. The van der Waals surface area contributed by atoms with Crippen molar-refractivity contribution in [3.8, 4) is 5.75 Å². The molecule has 0 saturated carbocycles. The van der Waals surface area contributed by atoms with Crippen LogP contribution in [0.5, 0.6) is 5.75 Å². The second-order valence-corrected chi connectivity index (χ2v) is 8.14. The third-order valence-corrected chi connectivity index (χ3v) is 5.22. The number of halogens is 5. The molecule has 0 radical (unpaired) electrons. The van der Waals surface area contributed by atoms with Crippen LogP contribution in [0.15, 0.2) is 0 Å². The Balaban J connectivity index is 1.94. The monoisotopic (exact) mass is 512 g/mol. The lowest BCUT2D eigenvalue weighted by molar-refractivity contribution is -0.136. The average Bonchev–Trinajstić information content (AvgIpc) is 2.85. The molecule has 202 valence electrons. The first-order valence-electron chi connectivity index (χ1n) is 12.3. The summed E-state index contributed by atoms with van der Waals surface area (Å²) in [4.78, 5) is 11.6. The maximum absolute atomic E-state index is 13.5. The number of unbranched alkanes of at least 4 members (excludes halogenated alkanes) is 9. The Labute approximate surface area is 204 Å². The van der Waals surface area contributed by atoms with E-state index < -0.39 is 47.2 Å². The van der Waals surface area contributed by atoms with Gasteiger partial charge in [0.25, 0.3) is 0 Å². The summed E-state index contributed by atoms with van der Waals surface area (Å²) < 4.78 is 86.3. The molecule has 5 nitrogen and oxygen atoms in total. The SMILES string of the molecule is CCCCCCCCCCCCOCCOCCOCCC(=O)Oc1c(F)c(F)c(F)c(F)c1F. The summed E-state index contributed by atoms with van der Waals surface area (Å²) in [6.45, 7) is 3.99. The van der Waals surface area contributed by atoms with E-state index in [9.17, 15) is 26.7 Å². The molecule has 0 N–H and O–H groups in total. The second-order valence-electron chi connectivity index (χ2n) is 8.14. The highest BCUT2D eigenvalue weighted by Gasteiger charge is 2.28. The predicted molar refractivity (Wildman–Crippen MR) is 121 cm³/mol. The van der Waals surface area contributed by atoms with Crippen LogP contribution in [0.3, 0.4) is 0 Å². The summed E-state index contributed by atoms with van der Waals surface area (Å²) in [5.74, 6) is -14.0. The summed E-state index contributed by atoms with van der Waals surface area (Å²) in [6.07, 6.45) is 12.2. The maximum Gasteiger partial charge on any atom is 0.313 e. The van der Waals surface area contributed by atoms with Gasteiger partial charge in [0.15, 0.2) is 0 Å². The van der Waals surface area contributed by atoms with Crippen LogP contribution < -0.4 is 4.74 Å². The third-order valence-electron chi connectivity index (χ3n) is 5.22. The molecule has 35 heavy (non-hydrogen) atoms. The topological polar surface area (TPSA) is 54.0 Å². The molecule has 1 rings (SSSR count). The van der Waals surface area contributed by atoms with Crippen molar-refractivity contribution < 1.29 is 45.7 Å². The van der Waals surface area contributed by atoms with Crippen molar-refractivity contribution in [2.45, 2.75) is 77.6 Å². The third kappa shape index (κ3) is 13.2. The molecule has 1 aromatic rings. The molecular formula is C25H37F5O5. The number of hydrogen-bond acceptors (Lipinski definition) is 5. The molecule has 10 heteroatoms. The molecule has 0 amide bonds. The van der Waals surface area contributed by atoms with Crippen LogP contribution in [0.1, 0.15) is 77.6 Å². The molecular weight excluding hydrogens is 475 g/mol. The minimum atomic E-state index is -2.33. The van der Waals surface area contributed by atoms with E-state index in [-0.39, 0.29) is 19.8 Å². The highest BCUT2D eigenvalue weighted by molar-refractivity contribution is 5.72. The molecule has 0 heterocycles. The van der Waals surface area contributed by atoms with Gasteiger partial charge in [0.1, 0.15) is 0 Å². The lowest BCUT2D eigenvalue weighted by Crippen LogP contribution is -2.16. The molecule has 0 aliphatic heterocycles. The molecule has 0 spiro atoms. The standard InChI is InChI=1S/C25H37F5O5/c1-2-3-4-5-6-7-8-9-10-11-13-32-15-17-34-18-16-33-14-12-19(31)35-25-23(29)21(27)20(26)22(28)24(25)30/h2-18H2,1H3. The van der Waals surface area contributed by atoms with E-state index >= 15 is 0 Å². The van der Waals surface area contributed by atoms with Crippen molar-refractivity contribution in [3.63, 3.8) is 0 Å². The largest absolute Gasteiger partial charge is 0.420 e. The number of carbonyl (C=O) groups is 1. The zero-order valence-electron chi connectivity index (χ0n) is 20.5. The van der Waals surface area contributed by atoms with Gasteiger partial charge in [0.2, 0.25) is 34.8 Å². The van der Waals surface area contributed by atoms with E-state index in [1.807, 2.05) is 0 Å². The fourth-order valence-electron chi connectivity index (χ4n) is 3.23. The lowest BCUT2D eigenvalue weighted by Gasteiger charge is -2.09. The first kappa shape index (κ1) is 31.3. The number of rotatable bonds is 21. The first-order valence-corrected chi connectivity index (χ1v) is 12.3. The molecule has 0 atom stereocenters. The molecule has 0 fully saturated rings. The zero-order chi connectivity index (χ0) is 25.9. The van der Waals surface area contributed by atoms with E-state index in [4.69, 9.17) is 14.2 Å². The van der Waals surface area contributed by atoms with Gasteiger partial charge in [0, 0.05) is 6.61 Å². The summed E-state index contributed by atoms with van der Waals surface area (Å²) in [7, 11) is 0. The van der Waals surface area contributed by atoms with Crippen molar-refractivity contribution in [3.05, 3.63) is 29.1 Å². The van der Waals surface area contributed by atoms with Gasteiger partial charge in [-0.25, -0.2) is 13.2 Å². The number of carbonyl (C=O) groups excluding carboxylic acids is 1. The van der Waals surface area contributed by atoms with Crippen molar-refractivity contribution >= 4 is 5.97 Å². The molecule has 0 bridgehead atoms. The number of esters is 1. The van der Waals surface area contributed by atoms with Crippen molar-refractivity contribution in [2.24, 2.45) is 0 Å². The molecule has 0 aromatic heterocycles. The molecule has 0 saturated heterocycles. The molecule has 0 aliphatic carbocycles. The maximum atomic E-state index is 13.5. The van der Waals surface area contributed by atoms with Gasteiger partial charge >= 0.3 is 5.97 Å². The van der Waals surface area contributed by atoms with Crippen LogP contribution in [0.4, 0.5) is 22.0 Å². The van der Waals surface area contributed by atoms with Gasteiger partial charge in [-0.2, -0.15) is 8.78 Å². The van der Waals surface area contributed by atoms with Crippen molar-refractivity contribution in [1.29, 1.82) is 0 Å². The fourth-order valence-corrected chi connectivity index (χ4v) is 3.23. The van der Waals surface area contributed by atoms with Gasteiger partial charge in [-0.15, -0.1) is 0 Å². The molecule has 1 aromatic carbocycles. The van der Waals surface area contributed by atoms with E-state index in [0.29, 0.717) is 19.8 Å². The van der Waals surface area contributed by atoms with Crippen molar-refractivity contribution in [1.82, 2.24) is 0 Å². The highest BCUT2D eigenvalue weighted by Crippen LogP contribution is 2.29. The summed E-state index contributed by atoms with van der Waals surface area (Å²) in [5.41, 5.74) is 0. The normalized spacial score (nSPS) is 11.3. The quantitative estimate of drug-likeness (QED) is 0.0461. The van der Waals surface area contributed by atoms with Crippen LogP contribution in [-0.2, 0) is 19.0 Å². The van der Waals surface area contributed by atoms with E-state index in [1.54, 1.807) is 0 Å². The minimum Gasteiger partial charge on any atom is -0.420 e. The van der Waals surface area contributed by atoms with Crippen LogP contribution in [0.2, 0.25) is 0 Å². The summed E-state index contributed by atoms with van der Waals surface area (Å²) >= 11 is 0. The van der Waals surface area contributed by atoms with E-state index in [1.165, 1.54) is 51.4 Å². The Bertz CT molecular complexity index is 704. The molecule has 0 aliphatic rings. The summed E-state index contributed by atoms with van der Waals surface area (Å²) in [6, 6.07) is 0. The first-order chi connectivity index (χ1) is 16.9. The number of ether oxygens (including phenoxy) is 4. The average molecular weight is 513 g/mol. The van der Waals surface area contributed by atoms with Gasteiger partial charge < -0.3 is 18.9 Å². The predicted octanol–water partition coefficient (Wildman–Crippen LogP) is 6.65. The Morgan fingerprint density at radius 1 is 0.543 bits per heavy atom. The lowest BCUT2D eigenvalue weighted by atomic mass is 10.1. The van der Waals surface area contributed by atoms with Crippen molar-refractivity contribution in [2.75, 3.05) is 39.6 Å².